The van der Waals surface area contributed by atoms with Crippen molar-refractivity contribution in [3.05, 3.63) is 64.8 Å². The van der Waals surface area contributed by atoms with Crippen molar-refractivity contribution in [3.8, 4) is 0 Å². The fourth-order valence-electron chi connectivity index (χ4n) is 5.07. The molecule has 192 valence electrons. The molecule has 2 aromatic heterocycles. The van der Waals surface area contributed by atoms with Gasteiger partial charge in [0.05, 0.1) is 17.8 Å². The highest BCUT2D eigenvalue weighted by Crippen LogP contribution is 2.66. The number of nitrogens with zero attached hydrogens (tertiary/aromatic N) is 5. The number of amides is 1. The molecular weight excluding hydrogens is 508 g/mol. The van der Waals surface area contributed by atoms with E-state index >= 15 is 4.39 Å². The van der Waals surface area contributed by atoms with Crippen molar-refractivity contribution < 1.29 is 22.4 Å². The average Bonchev–Trinajstić information content (AvgIpc) is 3.61. The lowest BCUT2D eigenvalue weighted by Gasteiger charge is -2.38. The smallest absolute Gasteiger partial charge is 0.251 e. The van der Waals surface area contributed by atoms with Crippen molar-refractivity contribution in [1.82, 2.24) is 14.9 Å². The molecular formula is C25H22F4N6OS. The number of aliphatic imine (C=N–C) groups is 1. The lowest BCUT2D eigenvalue weighted by Crippen LogP contribution is -2.50. The molecule has 0 spiro atoms. The zero-order valence-electron chi connectivity index (χ0n) is 19.7. The number of rotatable bonds is 4. The van der Waals surface area contributed by atoms with Gasteiger partial charge in [-0.15, -0.1) is 0 Å². The predicted molar refractivity (Wildman–Crippen MR) is 132 cm³/mol. The standard InChI is InChI=1S/C25H22F4N6OS/c1-23(16-9-14(12-33-20(16)27)10-17(26)18-4-3-15(31-2)13-32-18)19-11-25(19,37-22(30)34-23)21(36)35-7-5-24(28,29)6-8-35/h3-4,9-10,12-13,19H,5-8,11H2,1H3,(H2,30,34)/b17-10-/t19-,23+,25-/m0/s1. The Hall–Kier alpha value is -3.46. The van der Waals surface area contributed by atoms with E-state index in [1.165, 1.54) is 35.5 Å². The highest BCUT2D eigenvalue weighted by Gasteiger charge is 2.71. The molecule has 2 aliphatic heterocycles. The highest BCUT2D eigenvalue weighted by atomic mass is 32.2. The van der Waals surface area contributed by atoms with Crippen LogP contribution < -0.4 is 5.73 Å². The molecule has 1 amide bonds. The molecule has 0 radical (unpaired) electrons. The van der Waals surface area contributed by atoms with Crippen LogP contribution in [0.5, 0.6) is 0 Å². The zero-order chi connectivity index (χ0) is 26.6. The lowest BCUT2D eigenvalue weighted by molar-refractivity contribution is -0.137. The minimum absolute atomic E-state index is 0.000246. The van der Waals surface area contributed by atoms with Gasteiger partial charge in [-0.3, -0.25) is 14.8 Å². The van der Waals surface area contributed by atoms with Gasteiger partial charge in [-0.1, -0.05) is 17.8 Å². The number of halogens is 4. The number of alkyl halides is 2. The largest absolute Gasteiger partial charge is 0.378 e. The molecule has 0 aromatic carbocycles. The van der Waals surface area contributed by atoms with Gasteiger partial charge in [-0.25, -0.2) is 23.0 Å². The van der Waals surface area contributed by atoms with Crippen LogP contribution in [0.1, 0.15) is 43.0 Å². The molecule has 4 heterocycles. The topological polar surface area (TPSA) is 88.8 Å². The van der Waals surface area contributed by atoms with E-state index in [4.69, 9.17) is 12.3 Å². The maximum Gasteiger partial charge on any atom is 0.251 e. The first-order valence-corrected chi connectivity index (χ1v) is 12.4. The van der Waals surface area contributed by atoms with Gasteiger partial charge in [-0.05, 0) is 37.1 Å². The number of nitrogens with two attached hydrogens (primary N) is 1. The first-order chi connectivity index (χ1) is 17.5. The maximum absolute atomic E-state index is 15.1. The number of aromatic nitrogens is 2. The van der Waals surface area contributed by atoms with Crippen LogP contribution in [0, 0.1) is 18.4 Å². The number of hydrogen-bond acceptors (Lipinski definition) is 6. The molecule has 5 rings (SSSR count). The summed E-state index contributed by atoms with van der Waals surface area (Å²) >= 11 is 1.09. The Morgan fingerprint density at radius 2 is 2.00 bits per heavy atom. The van der Waals surface area contributed by atoms with Crippen molar-refractivity contribution in [1.29, 1.82) is 0 Å². The summed E-state index contributed by atoms with van der Waals surface area (Å²) in [5.41, 5.74) is 5.40. The number of amidine groups is 1. The molecule has 2 fully saturated rings. The molecule has 0 bridgehead atoms. The SMILES string of the molecule is [C-]#[N+]c1ccc(/C(F)=C/c2cnc(F)c([C@@]3(C)N=C(N)S[C@@]4(C(=O)N5CCC(F)(F)CC5)C[C@H]43)c2)nc1. The van der Waals surface area contributed by atoms with E-state index in [0.717, 1.165) is 17.8 Å². The van der Waals surface area contributed by atoms with Gasteiger partial charge in [0.15, 0.2) is 5.17 Å². The zero-order valence-corrected chi connectivity index (χ0v) is 20.5. The third-order valence-electron chi connectivity index (χ3n) is 7.18. The summed E-state index contributed by atoms with van der Waals surface area (Å²) in [4.78, 5) is 30.3. The van der Waals surface area contributed by atoms with Crippen molar-refractivity contribution in [2.75, 3.05) is 13.1 Å². The first-order valence-electron chi connectivity index (χ1n) is 11.6. The van der Waals surface area contributed by atoms with Gasteiger partial charge in [0.25, 0.3) is 5.92 Å². The Kier molecular flexibility index (Phi) is 6.02. The van der Waals surface area contributed by atoms with Crippen LogP contribution in [0.15, 0.2) is 35.6 Å². The molecule has 3 aliphatic rings. The van der Waals surface area contributed by atoms with Gasteiger partial charge in [0, 0.05) is 49.8 Å². The number of carbonyl (C=O) groups is 1. The maximum atomic E-state index is 15.1. The Balaban J connectivity index is 1.44. The fourth-order valence-corrected chi connectivity index (χ4v) is 6.52. The second kappa shape index (κ2) is 8.83. The predicted octanol–water partition coefficient (Wildman–Crippen LogP) is 4.93. The molecule has 1 aliphatic carbocycles. The normalized spacial score (nSPS) is 28.6. The van der Waals surface area contributed by atoms with Crippen LogP contribution in [-0.2, 0) is 10.3 Å². The number of likely N-dealkylation sites (tertiary alicyclic amines) is 1. The minimum Gasteiger partial charge on any atom is -0.378 e. The lowest BCUT2D eigenvalue weighted by atomic mass is 9.86. The van der Waals surface area contributed by atoms with Crippen molar-refractivity contribution >= 4 is 40.4 Å². The van der Waals surface area contributed by atoms with Crippen LogP contribution in [-0.4, -0.2) is 49.7 Å². The summed E-state index contributed by atoms with van der Waals surface area (Å²) < 4.78 is 56.2. The Morgan fingerprint density at radius 1 is 1.27 bits per heavy atom. The van der Waals surface area contributed by atoms with E-state index in [0.29, 0.717) is 6.42 Å². The van der Waals surface area contributed by atoms with Gasteiger partial charge in [0.2, 0.25) is 17.5 Å². The molecule has 1 saturated heterocycles. The van der Waals surface area contributed by atoms with E-state index in [1.807, 2.05) is 0 Å². The van der Waals surface area contributed by atoms with Crippen molar-refractivity contribution in [3.63, 3.8) is 0 Å². The number of hydrogen-bond donors (Lipinski definition) is 1. The number of thioether (sulfide) groups is 1. The molecule has 7 nitrogen and oxygen atoms in total. The average molecular weight is 531 g/mol. The van der Waals surface area contributed by atoms with Crippen LogP contribution >= 0.6 is 11.8 Å². The van der Waals surface area contributed by atoms with Crippen molar-refractivity contribution in [2.45, 2.75) is 42.4 Å². The molecule has 2 aromatic rings. The van der Waals surface area contributed by atoms with Crippen LogP contribution in [0.2, 0.25) is 0 Å². The summed E-state index contributed by atoms with van der Waals surface area (Å²) in [6, 6.07) is 4.21. The van der Waals surface area contributed by atoms with E-state index < -0.39 is 46.7 Å². The second-order valence-electron chi connectivity index (χ2n) is 9.61. The minimum atomic E-state index is -2.79. The van der Waals surface area contributed by atoms with E-state index in [1.54, 1.807) is 6.92 Å². The molecule has 1 saturated carbocycles. The summed E-state index contributed by atoms with van der Waals surface area (Å²) in [6.45, 7) is 8.50. The van der Waals surface area contributed by atoms with Crippen LogP contribution in [0.3, 0.4) is 0 Å². The van der Waals surface area contributed by atoms with Gasteiger partial charge < -0.3 is 10.6 Å². The summed E-state index contributed by atoms with van der Waals surface area (Å²) in [6.07, 6.45) is 3.09. The van der Waals surface area contributed by atoms with Gasteiger partial charge in [-0.2, -0.15) is 4.39 Å². The fraction of sp³-hybridized carbons (Fsp3) is 0.400. The number of piperidine rings is 1. The van der Waals surface area contributed by atoms with Crippen LogP contribution in [0.25, 0.3) is 16.7 Å². The third-order valence-corrected chi connectivity index (χ3v) is 8.47. The first kappa shape index (κ1) is 25.2. The molecule has 37 heavy (non-hydrogen) atoms. The highest BCUT2D eigenvalue weighted by molar-refractivity contribution is 8.15. The Labute approximate surface area is 214 Å². The van der Waals surface area contributed by atoms with E-state index in [9.17, 15) is 18.0 Å². The quantitative estimate of drug-likeness (QED) is 0.344. The van der Waals surface area contributed by atoms with E-state index in [-0.39, 0.29) is 46.7 Å². The second-order valence-corrected chi connectivity index (χ2v) is 11.0. The van der Waals surface area contributed by atoms with E-state index in [2.05, 4.69) is 19.8 Å². The molecule has 2 N–H and O–H groups in total. The summed E-state index contributed by atoms with van der Waals surface area (Å²) in [5, 5.41) is 0.0857. The number of fused-ring (bicyclic) bond motifs is 1. The molecule has 3 atom stereocenters. The summed E-state index contributed by atoms with van der Waals surface area (Å²) in [5.74, 6) is -5.07. The Morgan fingerprint density at radius 3 is 2.65 bits per heavy atom. The third kappa shape index (κ3) is 4.45. The van der Waals surface area contributed by atoms with Crippen LogP contribution in [0.4, 0.5) is 23.2 Å². The monoisotopic (exact) mass is 530 g/mol. The number of carbonyl (C=O) groups excluding carboxylic acids is 1. The summed E-state index contributed by atoms with van der Waals surface area (Å²) in [7, 11) is 0. The number of pyridine rings is 2. The molecule has 0 unspecified atom stereocenters. The van der Waals surface area contributed by atoms with Gasteiger partial charge >= 0.3 is 0 Å². The Bertz CT molecular complexity index is 1360. The van der Waals surface area contributed by atoms with Gasteiger partial charge in [0.1, 0.15) is 10.6 Å². The molecule has 12 heteroatoms. The van der Waals surface area contributed by atoms with Crippen molar-refractivity contribution in [2.24, 2.45) is 16.6 Å².